The molecule has 0 N–H and O–H groups in total. The van der Waals surface area contributed by atoms with Crippen molar-refractivity contribution >= 4 is 34.6 Å². The molecule has 2 aliphatic heterocycles. The van der Waals surface area contributed by atoms with E-state index in [1.54, 1.807) is 6.08 Å². The van der Waals surface area contributed by atoms with Crippen LogP contribution in [0.25, 0.3) is 0 Å². The summed E-state index contributed by atoms with van der Waals surface area (Å²) in [6, 6.07) is 8.48. The summed E-state index contributed by atoms with van der Waals surface area (Å²) >= 11 is 5.48. The minimum Gasteiger partial charge on any atom is -0.484 e. The summed E-state index contributed by atoms with van der Waals surface area (Å²) < 4.78 is 66.6. The van der Waals surface area contributed by atoms with E-state index in [4.69, 9.17) is 27.0 Å². The molecule has 0 bridgehead atoms. The van der Waals surface area contributed by atoms with Gasteiger partial charge in [-0.2, -0.15) is 18.4 Å². The second-order valence-corrected chi connectivity index (χ2v) is 9.23. The molecule has 1 amide bonds. The second kappa shape index (κ2) is 9.19. The van der Waals surface area contributed by atoms with Crippen molar-refractivity contribution in [1.82, 2.24) is 0 Å². The molecular weight excluding hydrogens is 498 g/mol. The molecule has 2 aliphatic rings. The summed E-state index contributed by atoms with van der Waals surface area (Å²) in [5.41, 5.74) is -3.03. The van der Waals surface area contributed by atoms with Crippen LogP contribution >= 0.6 is 12.2 Å². The number of nitrogens with zero attached hydrogens (tertiary/aromatic N) is 3. The van der Waals surface area contributed by atoms with Gasteiger partial charge >= 0.3 is 6.18 Å². The lowest BCUT2D eigenvalue weighted by Gasteiger charge is -2.29. The van der Waals surface area contributed by atoms with Gasteiger partial charge in [-0.3, -0.25) is 9.69 Å². The van der Waals surface area contributed by atoms with Gasteiger partial charge in [0.15, 0.2) is 16.7 Å². The Balaban J connectivity index is 1.68. The first kappa shape index (κ1) is 25.6. The van der Waals surface area contributed by atoms with Gasteiger partial charge in [0, 0.05) is 17.7 Å². The van der Waals surface area contributed by atoms with Crippen LogP contribution < -0.4 is 14.5 Å². The quantitative estimate of drug-likeness (QED) is 0.307. The monoisotopic (exact) mass is 519 g/mol. The van der Waals surface area contributed by atoms with Crippen molar-refractivity contribution < 1.29 is 31.8 Å². The molecule has 188 valence electrons. The Labute approximate surface area is 210 Å². The third-order valence-electron chi connectivity index (χ3n) is 6.18. The van der Waals surface area contributed by atoms with Crippen molar-refractivity contribution in [3.05, 3.63) is 66.0 Å². The predicted molar refractivity (Wildman–Crippen MR) is 128 cm³/mol. The van der Waals surface area contributed by atoms with Gasteiger partial charge in [0.05, 0.1) is 36.1 Å². The Hall–Kier alpha value is -3.49. The van der Waals surface area contributed by atoms with E-state index in [2.05, 4.69) is 6.58 Å². The van der Waals surface area contributed by atoms with Gasteiger partial charge in [0.2, 0.25) is 0 Å². The van der Waals surface area contributed by atoms with Gasteiger partial charge in [-0.05, 0) is 56.4 Å². The zero-order chi connectivity index (χ0) is 26.4. The van der Waals surface area contributed by atoms with E-state index in [9.17, 15) is 18.0 Å². The van der Waals surface area contributed by atoms with Crippen LogP contribution in [0.15, 0.2) is 49.1 Å². The first-order valence-corrected chi connectivity index (χ1v) is 11.3. The third kappa shape index (κ3) is 4.31. The van der Waals surface area contributed by atoms with Crippen LogP contribution in [-0.2, 0) is 15.7 Å². The lowest BCUT2D eigenvalue weighted by molar-refractivity contribution is -0.137. The lowest BCUT2D eigenvalue weighted by atomic mass is 10.0. The molecule has 6 nitrogen and oxygen atoms in total. The maximum Gasteiger partial charge on any atom is 0.417 e. The highest BCUT2D eigenvalue weighted by atomic mass is 32.1. The number of anilines is 2. The molecule has 2 unspecified atom stereocenters. The average Bonchev–Trinajstić information content (AvgIpc) is 3.33. The zero-order valence-electron chi connectivity index (χ0n) is 19.3. The van der Waals surface area contributed by atoms with Gasteiger partial charge < -0.3 is 14.4 Å². The standard InChI is InChI=1S/C25H21F4N3O3S/c1-4-14-12-34-13-21(14)35-20-8-7-17(10-19(20)26)32-23(36)31(22(33)24(32,2)3)16-6-5-15(11-30)18(9-16)25(27,28)29/h4-10,14,21H,1,12-13H2,2-3H3. The Bertz CT molecular complexity index is 1290. The van der Waals surface area contributed by atoms with E-state index in [1.807, 2.05) is 0 Å². The molecule has 2 aromatic carbocycles. The minimum absolute atomic E-state index is 0.0193. The highest BCUT2D eigenvalue weighted by Gasteiger charge is 2.51. The van der Waals surface area contributed by atoms with E-state index in [0.29, 0.717) is 12.7 Å². The van der Waals surface area contributed by atoms with Crippen molar-refractivity contribution in [2.75, 3.05) is 23.0 Å². The molecule has 4 rings (SSSR count). The summed E-state index contributed by atoms with van der Waals surface area (Å²) in [5, 5.41) is 8.93. The molecular formula is C25H21F4N3O3S. The molecule has 11 heteroatoms. The molecule has 0 saturated carbocycles. The fraction of sp³-hybridized carbons (Fsp3) is 0.320. The van der Waals surface area contributed by atoms with Gasteiger partial charge in [0.25, 0.3) is 5.91 Å². The Kier molecular flexibility index (Phi) is 6.53. The Morgan fingerprint density at radius 2 is 1.92 bits per heavy atom. The molecule has 0 aliphatic carbocycles. The van der Waals surface area contributed by atoms with Crippen molar-refractivity contribution in [2.24, 2.45) is 5.92 Å². The maximum absolute atomic E-state index is 15.0. The van der Waals surface area contributed by atoms with Gasteiger partial charge in [-0.1, -0.05) is 6.08 Å². The fourth-order valence-electron chi connectivity index (χ4n) is 4.24. The predicted octanol–water partition coefficient (Wildman–Crippen LogP) is 5.21. The van der Waals surface area contributed by atoms with E-state index in [-0.39, 0.29) is 34.8 Å². The van der Waals surface area contributed by atoms with Crippen LogP contribution in [-0.4, -0.2) is 35.9 Å². The summed E-state index contributed by atoms with van der Waals surface area (Å²) in [5.74, 6) is -1.42. The number of amides is 1. The van der Waals surface area contributed by atoms with Crippen molar-refractivity contribution in [1.29, 1.82) is 5.26 Å². The number of carbonyl (C=O) groups excluding carboxylic acids is 1. The first-order valence-electron chi connectivity index (χ1n) is 10.9. The molecule has 2 saturated heterocycles. The number of alkyl halides is 3. The molecule has 0 spiro atoms. The van der Waals surface area contributed by atoms with E-state index >= 15 is 4.39 Å². The van der Waals surface area contributed by atoms with Crippen molar-refractivity contribution in [3.8, 4) is 11.8 Å². The highest BCUT2D eigenvalue weighted by molar-refractivity contribution is 7.81. The second-order valence-electron chi connectivity index (χ2n) is 8.87. The maximum atomic E-state index is 15.0. The van der Waals surface area contributed by atoms with Crippen LogP contribution in [0.2, 0.25) is 0 Å². The fourth-order valence-corrected chi connectivity index (χ4v) is 4.76. The molecule has 2 fully saturated rings. The molecule has 0 aromatic heterocycles. The summed E-state index contributed by atoms with van der Waals surface area (Å²) in [4.78, 5) is 15.6. The number of halogens is 4. The normalized spacial score (nSPS) is 21.6. The number of ether oxygens (including phenoxy) is 2. The van der Waals surface area contributed by atoms with Crippen LogP contribution in [0.3, 0.4) is 0 Å². The lowest BCUT2D eigenvalue weighted by Crippen LogP contribution is -2.44. The number of rotatable bonds is 5. The molecule has 2 heterocycles. The van der Waals surface area contributed by atoms with Crippen LogP contribution in [0.1, 0.15) is 25.0 Å². The van der Waals surface area contributed by atoms with Crippen molar-refractivity contribution in [3.63, 3.8) is 0 Å². The Morgan fingerprint density at radius 3 is 2.53 bits per heavy atom. The number of nitriles is 1. The van der Waals surface area contributed by atoms with Crippen LogP contribution in [0, 0.1) is 23.1 Å². The smallest absolute Gasteiger partial charge is 0.417 e. The summed E-state index contributed by atoms with van der Waals surface area (Å²) in [6.45, 7) is 7.50. The topological polar surface area (TPSA) is 65.8 Å². The highest BCUT2D eigenvalue weighted by Crippen LogP contribution is 2.40. The van der Waals surface area contributed by atoms with Gasteiger partial charge in [0.1, 0.15) is 11.6 Å². The number of thiocarbonyl (C=S) groups is 1. The zero-order valence-corrected chi connectivity index (χ0v) is 20.1. The molecule has 2 aromatic rings. The van der Waals surface area contributed by atoms with E-state index in [1.165, 1.54) is 43.0 Å². The first-order chi connectivity index (χ1) is 16.9. The van der Waals surface area contributed by atoms with Crippen molar-refractivity contribution in [2.45, 2.75) is 31.7 Å². The molecule has 0 radical (unpaired) electrons. The van der Waals surface area contributed by atoms with Gasteiger partial charge in [-0.15, -0.1) is 6.58 Å². The van der Waals surface area contributed by atoms with Gasteiger partial charge in [-0.25, -0.2) is 4.39 Å². The molecule has 36 heavy (non-hydrogen) atoms. The Morgan fingerprint density at radius 1 is 1.22 bits per heavy atom. The molecule has 2 atom stereocenters. The largest absolute Gasteiger partial charge is 0.484 e. The summed E-state index contributed by atoms with van der Waals surface area (Å²) in [6.07, 6.45) is -3.53. The van der Waals surface area contributed by atoms with Crippen LogP contribution in [0.5, 0.6) is 5.75 Å². The number of hydrogen-bond donors (Lipinski definition) is 0. The third-order valence-corrected chi connectivity index (χ3v) is 6.55. The van der Waals surface area contributed by atoms with E-state index < -0.39 is 40.7 Å². The minimum atomic E-state index is -4.81. The number of carbonyl (C=O) groups is 1. The summed E-state index contributed by atoms with van der Waals surface area (Å²) in [7, 11) is 0. The number of hydrogen-bond acceptors (Lipinski definition) is 5. The van der Waals surface area contributed by atoms with Crippen LogP contribution in [0.4, 0.5) is 28.9 Å². The number of benzene rings is 2. The van der Waals surface area contributed by atoms with E-state index in [0.717, 1.165) is 17.0 Å². The SMILES string of the molecule is C=CC1COCC1Oc1ccc(N2C(=S)N(c3ccc(C#N)c(C(F)(F)F)c3)C(=O)C2(C)C)cc1F. The average molecular weight is 520 g/mol.